The molecule has 0 fully saturated rings. The molecule has 1 heterocycles. The highest BCUT2D eigenvalue weighted by molar-refractivity contribution is 7.09. The van der Waals surface area contributed by atoms with Crippen LogP contribution in [0.1, 0.15) is 21.1 Å². The SMILES string of the molecule is COCCNCCNC(=O)c1cccc(OCc2csc(C)n2)c1.Cl.Cl. The van der Waals surface area contributed by atoms with Gasteiger partial charge in [0.15, 0.2) is 0 Å². The summed E-state index contributed by atoms with van der Waals surface area (Å²) in [5, 5.41) is 9.04. The Kier molecular flexibility index (Phi) is 13.0. The van der Waals surface area contributed by atoms with Crippen molar-refractivity contribution in [3.63, 3.8) is 0 Å². The highest BCUT2D eigenvalue weighted by Gasteiger charge is 2.07. The summed E-state index contributed by atoms with van der Waals surface area (Å²) in [5.74, 6) is 0.546. The number of nitrogens with zero attached hydrogens (tertiary/aromatic N) is 1. The molecule has 0 aliphatic rings. The first kappa shape index (κ1) is 24.6. The van der Waals surface area contributed by atoms with Crippen LogP contribution >= 0.6 is 36.2 Å². The van der Waals surface area contributed by atoms with E-state index in [-0.39, 0.29) is 30.7 Å². The van der Waals surface area contributed by atoms with Crippen molar-refractivity contribution in [2.24, 2.45) is 0 Å². The second-order valence-electron chi connectivity index (χ2n) is 5.17. The minimum Gasteiger partial charge on any atom is -0.487 e. The van der Waals surface area contributed by atoms with Crippen LogP contribution in [0, 0.1) is 6.92 Å². The van der Waals surface area contributed by atoms with E-state index in [1.807, 2.05) is 24.4 Å². The van der Waals surface area contributed by atoms with Crippen LogP contribution in [0.4, 0.5) is 0 Å². The van der Waals surface area contributed by atoms with E-state index in [2.05, 4.69) is 15.6 Å². The molecule has 0 saturated heterocycles. The van der Waals surface area contributed by atoms with E-state index in [0.29, 0.717) is 37.6 Å². The molecule has 0 aliphatic heterocycles. The number of aromatic nitrogens is 1. The number of carbonyl (C=O) groups is 1. The number of thiazole rings is 1. The first-order valence-corrected chi connectivity index (χ1v) is 8.68. The van der Waals surface area contributed by atoms with Gasteiger partial charge in [0.05, 0.1) is 17.3 Å². The lowest BCUT2D eigenvalue weighted by atomic mass is 10.2. The molecule has 0 unspecified atom stereocenters. The third-order valence-electron chi connectivity index (χ3n) is 3.22. The zero-order valence-corrected chi connectivity index (χ0v) is 17.3. The average molecular weight is 422 g/mol. The van der Waals surface area contributed by atoms with Crippen molar-refractivity contribution in [2.75, 3.05) is 33.4 Å². The highest BCUT2D eigenvalue weighted by atomic mass is 35.5. The number of carbonyl (C=O) groups excluding carboxylic acids is 1. The van der Waals surface area contributed by atoms with Crippen molar-refractivity contribution in [1.82, 2.24) is 15.6 Å². The lowest BCUT2D eigenvalue weighted by Crippen LogP contribution is -2.33. The largest absolute Gasteiger partial charge is 0.487 e. The Bertz CT molecular complexity index is 656. The topological polar surface area (TPSA) is 72.5 Å². The van der Waals surface area contributed by atoms with Gasteiger partial charge in [-0.05, 0) is 25.1 Å². The molecule has 0 aliphatic carbocycles. The molecular weight excluding hydrogens is 397 g/mol. The number of ether oxygens (including phenoxy) is 2. The van der Waals surface area contributed by atoms with Crippen molar-refractivity contribution in [1.29, 1.82) is 0 Å². The number of nitrogens with one attached hydrogen (secondary N) is 2. The molecule has 0 radical (unpaired) electrons. The van der Waals surface area contributed by atoms with Crippen LogP contribution in [0.15, 0.2) is 29.6 Å². The van der Waals surface area contributed by atoms with Gasteiger partial charge < -0.3 is 20.1 Å². The number of benzene rings is 1. The van der Waals surface area contributed by atoms with Crippen LogP contribution in [0.5, 0.6) is 5.75 Å². The van der Waals surface area contributed by atoms with E-state index in [1.165, 1.54) is 0 Å². The second-order valence-corrected chi connectivity index (χ2v) is 6.24. The molecule has 146 valence electrons. The summed E-state index contributed by atoms with van der Waals surface area (Å²) in [6, 6.07) is 7.16. The Balaban J connectivity index is 0.00000312. The van der Waals surface area contributed by atoms with Gasteiger partial charge in [0.1, 0.15) is 12.4 Å². The molecular formula is C17H25Cl2N3O3S. The van der Waals surface area contributed by atoms with Crippen molar-refractivity contribution in [3.8, 4) is 5.75 Å². The minimum atomic E-state index is -0.113. The predicted octanol–water partition coefficient (Wildman–Crippen LogP) is 2.84. The molecule has 2 N–H and O–H groups in total. The molecule has 2 rings (SSSR count). The Morgan fingerprint density at radius 2 is 2.04 bits per heavy atom. The second kappa shape index (κ2) is 13.8. The molecule has 1 aromatic carbocycles. The maximum absolute atomic E-state index is 12.1. The number of halogens is 2. The maximum atomic E-state index is 12.1. The van der Waals surface area contributed by atoms with Crippen LogP contribution in [-0.2, 0) is 11.3 Å². The Morgan fingerprint density at radius 3 is 2.73 bits per heavy atom. The number of rotatable bonds is 10. The molecule has 0 spiro atoms. The third kappa shape index (κ3) is 8.82. The first-order valence-electron chi connectivity index (χ1n) is 7.81. The van der Waals surface area contributed by atoms with E-state index in [9.17, 15) is 4.79 Å². The van der Waals surface area contributed by atoms with Gasteiger partial charge in [-0.3, -0.25) is 4.79 Å². The third-order valence-corrected chi connectivity index (χ3v) is 4.04. The van der Waals surface area contributed by atoms with Crippen LogP contribution in [0.2, 0.25) is 0 Å². The van der Waals surface area contributed by atoms with E-state index < -0.39 is 0 Å². The normalized spacial score (nSPS) is 9.77. The van der Waals surface area contributed by atoms with Gasteiger partial charge in [-0.15, -0.1) is 36.2 Å². The standard InChI is InChI=1S/C17H23N3O3S.2ClH/c1-13-20-15(12-24-13)11-23-16-5-3-4-14(10-16)17(21)19-7-6-18-8-9-22-2;;/h3-5,10,12,18H,6-9,11H2,1-2H3,(H,19,21);2*1H. The Labute approximate surface area is 170 Å². The quantitative estimate of drug-likeness (QED) is 0.577. The van der Waals surface area contributed by atoms with E-state index in [0.717, 1.165) is 17.2 Å². The summed E-state index contributed by atoms with van der Waals surface area (Å²) < 4.78 is 10.6. The van der Waals surface area contributed by atoms with Crippen LogP contribution < -0.4 is 15.4 Å². The lowest BCUT2D eigenvalue weighted by Gasteiger charge is -2.08. The molecule has 0 atom stereocenters. The fourth-order valence-corrected chi connectivity index (χ4v) is 2.62. The fraction of sp³-hybridized carbons (Fsp3) is 0.412. The number of amides is 1. The minimum absolute atomic E-state index is 0. The van der Waals surface area contributed by atoms with Crippen molar-refractivity contribution in [3.05, 3.63) is 45.9 Å². The molecule has 26 heavy (non-hydrogen) atoms. The van der Waals surface area contributed by atoms with Crippen LogP contribution in [-0.4, -0.2) is 44.2 Å². The van der Waals surface area contributed by atoms with Crippen LogP contribution in [0.25, 0.3) is 0 Å². The molecule has 1 amide bonds. The summed E-state index contributed by atoms with van der Waals surface area (Å²) >= 11 is 1.59. The highest BCUT2D eigenvalue weighted by Crippen LogP contribution is 2.16. The number of aryl methyl sites for hydroxylation is 1. The number of methoxy groups -OCH3 is 1. The monoisotopic (exact) mass is 421 g/mol. The summed E-state index contributed by atoms with van der Waals surface area (Å²) in [7, 11) is 1.66. The van der Waals surface area contributed by atoms with Gasteiger partial charge in [-0.1, -0.05) is 6.07 Å². The van der Waals surface area contributed by atoms with Crippen LogP contribution in [0.3, 0.4) is 0 Å². The fourth-order valence-electron chi connectivity index (χ4n) is 2.02. The maximum Gasteiger partial charge on any atom is 0.251 e. The molecule has 2 aromatic rings. The van der Waals surface area contributed by atoms with Gasteiger partial charge in [-0.2, -0.15) is 0 Å². The average Bonchev–Trinajstić information content (AvgIpc) is 3.01. The van der Waals surface area contributed by atoms with Crippen molar-refractivity contribution >= 4 is 42.1 Å². The lowest BCUT2D eigenvalue weighted by molar-refractivity contribution is 0.0953. The summed E-state index contributed by atoms with van der Waals surface area (Å²) in [6.45, 7) is 5.06. The van der Waals surface area contributed by atoms with E-state index >= 15 is 0 Å². The smallest absolute Gasteiger partial charge is 0.251 e. The zero-order chi connectivity index (χ0) is 17.2. The predicted molar refractivity (Wildman–Crippen MR) is 109 cm³/mol. The molecule has 1 aromatic heterocycles. The van der Waals surface area contributed by atoms with Crippen molar-refractivity contribution in [2.45, 2.75) is 13.5 Å². The van der Waals surface area contributed by atoms with Gasteiger partial charge in [0.25, 0.3) is 5.91 Å². The first-order chi connectivity index (χ1) is 11.7. The molecule has 9 heteroatoms. The zero-order valence-electron chi connectivity index (χ0n) is 14.8. The van der Waals surface area contributed by atoms with Crippen molar-refractivity contribution < 1.29 is 14.3 Å². The van der Waals surface area contributed by atoms with E-state index in [1.54, 1.807) is 30.6 Å². The summed E-state index contributed by atoms with van der Waals surface area (Å²) in [4.78, 5) is 16.5. The molecule has 6 nitrogen and oxygen atoms in total. The molecule has 0 bridgehead atoms. The number of hydrogen-bond donors (Lipinski definition) is 2. The van der Waals surface area contributed by atoms with Gasteiger partial charge in [0, 0.05) is 37.7 Å². The Morgan fingerprint density at radius 1 is 1.23 bits per heavy atom. The summed E-state index contributed by atoms with van der Waals surface area (Å²) in [5.41, 5.74) is 1.48. The van der Waals surface area contributed by atoms with Gasteiger partial charge in [-0.25, -0.2) is 4.98 Å². The van der Waals surface area contributed by atoms with Gasteiger partial charge in [0.2, 0.25) is 0 Å². The Hall–Kier alpha value is -1.38. The number of hydrogen-bond acceptors (Lipinski definition) is 6. The molecule has 0 saturated carbocycles. The van der Waals surface area contributed by atoms with E-state index in [4.69, 9.17) is 9.47 Å². The van der Waals surface area contributed by atoms with Gasteiger partial charge >= 0.3 is 0 Å². The summed E-state index contributed by atoms with van der Waals surface area (Å²) in [6.07, 6.45) is 0.